The van der Waals surface area contributed by atoms with Gasteiger partial charge in [-0.15, -0.1) is 0 Å². The summed E-state index contributed by atoms with van der Waals surface area (Å²) in [5.41, 5.74) is 4.62. The summed E-state index contributed by atoms with van der Waals surface area (Å²) in [7, 11) is 0. The molecule has 0 spiro atoms. The summed E-state index contributed by atoms with van der Waals surface area (Å²) in [6.07, 6.45) is 3.17. The molecular formula is C15H17N5O. The summed E-state index contributed by atoms with van der Waals surface area (Å²) in [5.74, 6) is 5.84. The van der Waals surface area contributed by atoms with Gasteiger partial charge < -0.3 is 10.3 Å². The molecule has 0 fully saturated rings. The lowest BCUT2D eigenvalue weighted by atomic mass is 9.86. The maximum absolute atomic E-state index is 12.7. The van der Waals surface area contributed by atoms with Gasteiger partial charge in [0, 0.05) is 5.69 Å². The first-order valence-corrected chi connectivity index (χ1v) is 6.73. The van der Waals surface area contributed by atoms with Crippen molar-refractivity contribution in [1.82, 2.24) is 9.97 Å². The molecule has 0 saturated heterocycles. The lowest BCUT2D eigenvalue weighted by molar-refractivity contribution is -0.122. The second-order valence-corrected chi connectivity index (χ2v) is 5.57. The van der Waals surface area contributed by atoms with E-state index in [0.29, 0.717) is 12.4 Å². The number of benzene rings is 1. The average Bonchev–Trinajstić information content (AvgIpc) is 2.70. The molecule has 0 radical (unpaired) electrons. The van der Waals surface area contributed by atoms with Gasteiger partial charge in [-0.25, -0.2) is 10.8 Å². The van der Waals surface area contributed by atoms with Crippen LogP contribution in [0.1, 0.15) is 25.1 Å². The average molecular weight is 283 g/mol. The highest BCUT2D eigenvalue weighted by molar-refractivity contribution is 6.07. The van der Waals surface area contributed by atoms with Crippen LogP contribution in [-0.4, -0.2) is 15.9 Å². The minimum absolute atomic E-state index is 0.0755. The summed E-state index contributed by atoms with van der Waals surface area (Å²) < 4.78 is 0. The smallest absolute Gasteiger partial charge is 0.237 e. The molecule has 2 heterocycles. The van der Waals surface area contributed by atoms with Gasteiger partial charge in [0.05, 0.1) is 30.0 Å². The third-order valence-electron chi connectivity index (χ3n) is 3.82. The molecule has 21 heavy (non-hydrogen) atoms. The van der Waals surface area contributed by atoms with Gasteiger partial charge in [-0.2, -0.15) is 0 Å². The van der Waals surface area contributed by atoms with Gasteiger partial charge in [0.25, 0.3) is 0 Å². The molecule has 0 bridgehead atoms. The standard InChI is InChI=1S/C15H17N5O/c1-15(2)11-5-3-4-6-12(11)20(14(15)21)9-10-7-18-13(19-16)8-17-10/h3-8H,9,16H2,1-2H3,(H,18,19). The number of nitrogens with two attached hydrogens (primary N) is 1. The number of hydrazine groups is 1. The molecule has 3 rings (SSSR count). The number of nitrogen functional groups attached to an aromatic ring is 1. The molecule has 2 aromatic rings. The number of anilines is 2. The normalized spacial score (nSPS) is 16.0. The minimum Gasteiger partial charge on any atom is -0.307 e. The molecule has 0 atom stereocenters. The maximum Gasteiger partial charge on any atom is 0.237 e. The van der Waals surface area contributed by atoms with Crippen molar-refractivity contribution in [3.63, 3.8) is 0 Å². The van der Waals surface area contributed by atoms with Crippen LogP contribution in [0.2, 0.25) is 0 Å². The van der Waals surface area contributed by atoms with Crippen molar-refractivity contribution in [2.75, 3.05) is 10.3 Å². The molecule has 1 aliphatic rings. The lowest BCUT2D eigenvalue weighted by Gasteiger charge is -2.20. The first-order chi connectivity index (χ1) is 10.0. The minimum atomic E-state index is -0.511. The van der Waals surface area contributed by atoms with Crippen LogP contribution in [-0.2, 0) is 16.8 Å². The Kier molecular flexibility index (Phi) is 3.10. The quantitative estimate of drug-likeness (QED) is 0.660. The van der Waals surface area contributed by atoms with Gasteiger partial charge >= 0.3 is 0 Å². The first kappa shape index (κ1) is 13.5. The summed E-state index contributed by atoms with van der Waals surface area (Å²) in [4.78, 5) is 22.8. The van der Waals surface area contributed by atoms with E-state index < -0.39 is 5.41 Å². The van der Waals surface area contributed by atoms with Crippen LogP contribution in [0.4, 0.5) is 11.5 Å². The highest BCUT2D eigenvalue weighted by Gasteiger charge is 2.43. The van der Waals surface area contributed by atoms with E-state index in [0.717, 1.165) is 16.9 Å². The monoisotopic (exact) mass is 283 g/mol. The first-order valence-electron chi connectivity index (χ1n) is 6.73. The molecule has 6 nitrogen and oxygen atoms in total. The van der Waals surface area contributed by atoms with Gasteiger partial charge in [-0.3, -0.25) is 9.78 Å². The zero-order valence-electron chi connectivity index (χ0n) is 12.0. The van der Waals surface area contributed by atoms with Crippen LogP contribution in [0.25, 0.3) is 0 Å². The number of para-hydroxylation sites is 1. The summed E-state index contributed by atoms with van der Waals surface area (Å²) >= 11 is 0. The molecule has 108 valence electrons. The number of nitrogens with zero attached hydrogens (tertiary/aromatic N) is 3. The molecule has 3 N–H and O–H groups in total. The number of amides is 1. The Morgan fingerprint density at radius 3 is 2.67 bits per heavy atom. The van der Waals surface area contributed by atoms with E-state index in [-0.39, 0.29) is 5.91 Å². The number of rotatable bonds is 3. The number of hydrogen-bond acceptors (Lipinski definition) is 5. The van der Waals surface area contributed by atoms with E-state index in [9.17, 15) is 4.79 Å². The third kappa shape index (κ3) is 2.13. The molecule has 1 aliphatic heterocycles. The zero-order valence-corrected chi connectivity index (χ0v) is 12.0. The fourth-order valence-corrected chi connectivity index (χ4v) is 2.63. The van der Waals surface area contributed by atoms with Crippen molar-refractivity contribution in [3.8, 4) is 0 Å². The molecule has 0 unspecified atom stereocenters. The number of carbonyl (C=O) groups excluding carboxylic acids is 1. The van der Waals surface area contributed by atoms with Gasteiger partial charge in [0.1, 0.15) is 0 Å². The second-order valence-electron chi connectivity index (χ2n) is 5.57. The van der Waals surface area contributed by atoms with E-state index in [1.165, 1.54) is 0 Å². The van der Waals surface area contributed by atoms with E-state index >= 15 is 0 Å². The highest BCUT2D eigenvalue weighted by Crippen LogP contribution is 2.41. The molecular weight excluding hydrogens is 266 g/mol. The van der Waals surface area contributed by atoms with Crippen LogP contribution >= 0.6 is 0 Å². The number of aromatic nitrogens is 2. The molecule has 1 aromatic carbocycles. The van der Waals surface area contributed by atoms with Crippen molar-refractivity contribution >= 4 is 17.4 Å². The van der Waals surface area contributed by atoms with Crippen LogP contribution in [0.3, 0.4) is 0 Å². The SMILES string of the molecule is CC1(C)C(=O)N(Cc2cnc(NN)cn2)c2ccccc21. The van der Waals surface area contributed by atoms with Gasteiger partial charge in [-0.05, 0) is 25.5 Å². The number of nitrogens with one attached hydrogen (secondary N) is 1. The molecule has 1 aromatic heterocycles. The Labute approximate surface area is 123 Å². The van der Waals surface area contributed by atoms with Gasteiger partial charge in [0.15, 0.2) is 5.82 Å². The van der Waals surface area contributed by atoms with Crippen LogP contribution in [0.15, 0.2) is 36.7 Å². The van der Waals surface area contributed by atoms with Crippen LogP contribution in [0.5, 0.6) is 0 Å². The maximum atomic E-state index is 12.7. The van der Waals surface area contributed by atoms with Gasteiger partial charge in [0.2, 0.25) is 5.91 Å². The van der Waals surface area contributed by atoms with Crippen LogP contribution < -0.4 is 16.2 Å². The number of carbonyl (C=O) groups is 1. The van der Waals surface area contributed by atoms with E-state index in [1.54, 1.807) is 17.3 Å². The van der Waals surface area contributed by atoms with E-state index in [2.05, 4.69) is 15.4 Å². The van der Waals surface area contributed by atoms with E-state index in [4.69, 9.17) is 5.84 Å². The summed E-state index contributed by atoms with van der Waals surface area (Å²) in [6, 6.07) is 7.86. The molecule has 1 amide bonds. The van der Waals surface area contributed by atoms with Crippen LogP contribution in [0, 0.1) is 0 Å². The fraction of sp³-hybridized carbons (Fsp3) is 0.267. The number of fused-ring (bicyclic) bond motifs is 1. The predicted molar refractivity (Wildman–Crippen MR) is 80.5 cm³/mol. The Bertz CT molecular complexity index is 681. The zero-order chi connectivity index (χ0) is 15.0. The Morgan fingerprint density at radius 1 is 1.24 bits per heavy atom. The Morgan fingerprint density at radius 2 is 2.00 bits per heavy atom. The lowest BCUT2D eigenvalue weighted by Crippen LogP contribution is -2.36. The fourth-order valence-electron chi connectivity index (χ4n) is 2.63. The topological polar surface area (TPSA) is 84.1 Å². The summed E-state index contributed by atoms with van der Waals surface area (Å²) in [6.45, 7) is 4.29. The number of hydrogen-bond donors (Lipinski definition) is 2. The Balaban J connectivity index is 1.93. The Hall–Kier alpha value is -2.47. The predicted octanol–water partition coefficient (Wildman–Crippen LogP) is 1.59. The van der Waals surface area contributed by atoms with Crippen molar-refractivity contribution in [2.24, 2.45) is 5.84 Å². The largest absolute Gasteiger partial charge is 0.307 e. The van der Waals surface area contributed by atoms with Crippen molar-refractivity contribution in [1.29, 1.82) is 0 Å². The van der Waals surface area contributed by atoms with Crippen molar-refractivity contribution in [2.45, 2.75) is 25.8 Å². The van der Waals surface area contributed by atoms with E-state index in [1.807, 2.05) is 38.1 Å². The third-order valence-corrected chi connectivity index (χ3v) is 3.82. The molecule has 0 aliphatic carbocycles. The van der Waals surface area contributed by atoms with Gasteiger partial charge in [-0.1, -0.05) is 18.2 Å². The second kappa shape index (κ2) is 4.82. The summed E-state index contributed by atoms with van der Waals surface area (Å²) in [5, 5.41) is 0. The highest BCUT2D eigenvalue weighted by atomic mass is 16.2. The van der Waals surface area contributed by atoms with Crippen molar-refractivity contribution in [3.05, 3.63) is 47.9 Å². The molecule has 0 saturated carbocycles. The molecule has 6 heteroatoms. The van der Waals surface area contributed by atoms with Crippen molar-refractivity contribution < 1.29 is 4.79 Å².